The Morgan fingerprint density at radius 1 is 1.47 bits per heavy atom. The van der Waals surface area contributed by atoms with Crippen LogP contribution < -0.4 is 10.6 Å². The maximum Gasteiger partial charge on any atom is 0.321 e. The van der Waals surface area contributed by atoms with Gasteiger partial charge in [-0.15, -0.1) is 11.3 Å². The number of amides is 2. The number of rotatable bonds is 3. The molecule has 5 nitrogen and oxygen atoms in total. The molecule has 0 aliphatic heterocycles. The minimum Gasteiger partial charge on any atom is -0.336 e. The maximum atomic E-state index is 11.3. The Hall–Kier alpha value is -1.43. The Bertz CT molecular complexity index is 373. The van der Waals surface area contributed by atoms with Crippen molar-refractivity contribution in [1.29, 1.82) is 0 Å². The SMILES string of the molecule is CC(=O)c1csc(NC(=O)NC(C)C)n1. The predicted molar refractivity (Wildman–Crippen MR) is 59.4 cm³/mol. The van der Waals surface area contributed by atoms with Crippen LogP contribution in [-0.2, 0) is 0 Å². The smallest absolute Gasteiger partial charge is 0.321 e. The molecule has 0 saturated heterocycles. The second kappa shape index (κ2) is 4.88. The Morgan fingerprint density at radius 2 is 2.13 bits per heavy atom. The average Bonchev–Trinajstić information content (AvgIpc) is 2.50. The summed E-state index contributed by atoms with van der Waals surface area (Å²) >= 11 is 1.23. The second-order valence-corrected chi connectivity index (χ2v) is 4.21. The molecule has 1 aromatic rings. The van der Waals surface area contributed by atoms with Crippen LogP contribution in [0.15, 0.2) is 5.38 Å². The molecule has 1 aromatic heterocycles. The van der Waals surface area contributed by atoms with Crippen LogP contribution in [0.3, 0.4) is 0 Å². The topological polar surface area (TPSA) is 71.1 Å². The molecule has 82 valence electrons. The lowest BCUT2D eigenvalue weighted by Gasteiger charge is -2.07. The molecule has 0 aliphatic rings. The highest BCUT2D eigenvalue weighted by molar-refractivity contribution is 7.14. The zero-order valence-corrected chi connectivity index (χ0v) is 9.64. The van der Waals surface area contributed by atoms with E-state index in [-0.39, 0.29) is 17.9 Å². The van der Waals surface area contributed by atoms with Gasteiger partial charge in [0.1, 0.15) is 5.69 Å². The summed E-state index contributed by atoms with van der Waals surface area (Å²) in [4.78, 5) is 26.2. The molecule has 0 bridgehead atoms. The van der Waals surface area contributed by atoms with Gasteiger partial charge in [-0.3, -0.25) is 10.1 Å². The number of nitrogens with one attached hydrogen (secondary N) is 2. The number of hydrogen-bond acceptors (Lipinski definition) is 4. The Kier molecular flexibility index (Phi) is 3.79. The molecule has 2 N–H and O–H groups in total. The molecular formula is C9H13N3O2S. The Balaban J connectivity index is 2.57. The summed E-state index contributed by atoms with van der Waals surface area (Å²) in [5, 5.41) is 7.26. The van der Waals surface area contributed by atoms with E-state index in [4.69, 9.17) is 0 Å². The number of aromatic nitrogens is 1. The summed E-state index contributed by atoms with van der Waals surface area (Å²) < 4.78 is 0. The lowest BCUT2D eigenvalue weighted by atomic mass is 10.4. The van der Waals surface area contributed by atoms with Crippen molar-refractivity contribution in [3.05, 3.63) is 11.1 Å². The highest BCUT2D eigenvalue weighted by atomic mass is 32.1. The number of hydrogen-bond donors (Lipinski definition) is 2. The van der Waals surface area contributed by atoms with Gasteiger partial charge >= 0.3 is 6.03 Å². The number of Topliss-reactive ketones (excluding diaryl/α,β-unsaturated/α-hetero) is 1. The van der Waals surface area contributed by atoms with E-state index in [1.807, 2.05) is 13.8 Å². The van der Waals surface area contributed by atoms with E-state index in [2.05, 4.69) is 15.6 Å². The zero-order valence-electron chi connectivity index (χ0n) is 8.83. The lowest BCUT2D eigenvalue weighted by Crippen LogP contribution is -2.34. The van der Waals surface area contributed by atoms with E-state index in [1.54, 1.807) is 5.38 Å². The molecule has 0 aromatic carbocycles. The van der Waals surface area contributed by atoms with E-state index < -0.39 is 0 Å². The van der Waals surface area contributed by atoms with Crippen molar-refractivity contribution in [3.8, 4) is 0 Å². The van der Waals surface area contributed by atoms with Crippen molar-refractivity contribution in [2.75, 3.05) is 5.32 Å². The number of anilines is 1. The standard InChI is InChI=1S/C9H13N3O2S/c1-5(2)10-8(14)12-9-11-7(4-15-9)6(3)13/h4-5H,1-3H3,(H2,10,11,12,14). The highest BCUT2D eigenvalue weighted by Gasteiger charge is 2.09. The van der Waals surface area contributed by atoms with E-state index in [0.717, 1.165) is 0 Å². The summed E-state index contributed by atoms with van der Waals surface area (Å²) in [6, 6.07) is -0.244. The summed E-state index contributed by atoms with van der Waals surface area (Å²) in [7, 11) is 0. The molecule has 1 rings (SSSR count). The van der Waals surface area contributed by atoms with Gasteiger partial charge in [0.15, 0.2) is 10.9 Å². The zero-order chi connectivity index (χ0) is 11.4. The fraction of sp³-hybridized carbons (Fsp3) is 0.444. The van der Waals surface area contributed by atoms with Crippen molar-refractivity contribution in [1.82, 2.24) is 10.3 Å². The Labute approximate surface area is 91.9 Å². The number of thiazole rings is 1. The van der Waals surface area contributed by atoms with E-state index in [9.17, 15) is 9.59 Å². The van der Waals surface area contributed by atoms with Gasteiger partial charge in [0, 0.05) is 18.3 Å². The number of nitrogens with zero attached hydrogens (tertiary/aromatic N) is 1. The van der Waals surface area contributed by atoms with Gasteiger partial charge in [-0.05, 0) is 13.8 Å². The molecule has 1 heterocycles. The summed E-state index contributed by atoms with van der Waals surface area (Å²) in [6.07, 6.45) is 0. The minimum atomic E-state index is -0.311. The number of carbonyl (C=O) groups excluding carboxylic acids is 2. The number of ketones is 1. The van der Waals surface area contributed by atoms with Crippen LogP contribution in [0.4, 0.5) is 9.93 Å². The third-order valence-corrected chi connectivity index (χ3v) is 2.26. The van der Waals surface area contributed by atoms with Gasteiger partial charge in [-0.25, -0.2) is 9.78 Å². The summed E-state index contributed by atoms with van der Waals surface area (Å²) in [6.45, 7) is 5.16. The quantitative estimate of drug-likeness (QED) is 0.774. The van der Waals surface area contributed by atoms with Crippen molar-refractivity contribution < 1.29 is 9.59 Å². The van der Waals surface area contributed by atoms with E-state index >= 15 is 0 Å². The van der Waals surface area contributed by atoms with Crippen LogP contribution in [0.2, 0.25) is 0 Å². The third kappa shape index (κ3) is 3.67. The molecule has 2 amide bonds. The molecule has 0 unspecified atom stereocenters. The normalized spacial score (nSPS) is 10.1. The molecule has 15 heavy (non-hydrogen) atoms. The van der Waals surface area contributed by atoms with Gasteiger partial charge in [-0.2, -0.15) is 0 Å². The molecule has 6 heteroatoms. The molecule has 0 atom stereocenters. The first-order valence-electron chi connectivity index (χ1n) is 4.53. The van der Waals surface area contributed by atoms with Crippen molar-refractivity contribution in [2.45, 2.75) is 26.8 Å². The van der Waals surface area contributed by atoms with Crippen molar-refractivity contribution >= 4 is 28.3 Å². The van der Waals surface area contributed by atoms with Crippen LogP contribution in [0.25, 0.3) is 0 Å². The van der Waals surface area contributed by atoms with Gasteiger partial charge < -0.3 is 5.32 Å². The van der Waals surface area contributed by atoms with E-state index in [1.165, 1.54) is 18.3 Å². The second-order valence-electron chi connectivity index (χ2n) is 3.35. The fourth-order valence-corrected chi connectivity index (χ4v) is 1.63. The first-order chi connectivity index (χ1) is 6.99. The van der Waals surface area contributed by atoms with Crippen molar-refractivity contribution in [3.63, 3.8) is 0 Å². The van der Waals surface area contributed by atoms with Crippen LogP contribution in [-0.4, -0.2) is 22.8 Å². The maximum absolute atomic E-state index is 11.3. The largest absolute Gasteiger partial charge is 0.336 e. The molecule has 0 spiro atoms. The molecule has 0 fully saturated rings. The van der Waals surface area contributed by atoms with Gasteiger partial charge in [0.05, 0.1) is 0 Å². The third-order valence-electron chi connectivity index (χ3n) is 1.51. The van der Waals surface area contributed by atoms with Gasteiger partial charge in [0.2, 0.25) is 0 Å². The monoisotopic (exact) mass is 227 g/mol. The predicted octanol–water partition coefficient (Wildman–Crippen LogP) is 1.88. The Morgan fingerprint density at radius 3 is 2.60 bits per heavy atom. The summed E-state index contributed by atoms with van der Waals surface area (Å²) in [5.74, 6) is -0.108. The highest BCUT2D eigenvalue weighted by Crippen LogP contribution is 2.15. The molecular weight excluding hydrogens is 214 g/mol. The first kappa shape index (κ1) is 11.6. The molecule has 0 aliphatic carbocycles. The summed E-state index contributed by atoms with van der Waals surface area (Å²) in [5.41, 5.74) is 0.375. The van der Waals surface area contributed by atoms with Crippen molar-refractivity contribution in [2.24, 2.45) is 0 Å². The molecule has 0 radical (unpaired) electrons. The lowest BCUT2D eigenvalue weighted by molar-refractivity contribution is 0.101. The fourth-order valence-electron chi connectivity index (χ4n) is 0.888. The van der Waals surface area contributed by atoms with Gasteiger partial charge in [0.25, 0.3) is 0 Å². The number of carbonyl (C=O) groups is 2. The van der Waals surface area contributed by atoms with Crippen LogP contribution in [0.5, 0.6) is 0 Å². The van der Waals surface area contributed by atoms with Gasteiger partial charge in [-0.1, -0.05) is 0 Å². The van der Waals surface area contributed by atoms with Crippen LogP contribution in [0, 0.1) is 0 Å². The minimum absolute atomic E-state index is 0.0669. The average molecular weight is 227 g/mol. The first-order valence-corrected chi connectivity index (χ1v) is 5.41. The van der Waals surface area contributed by atoms with Crippen LogP contribution in [0.1, 0.15) is 31.3 Å². The number of urea groups is 1. The van der Waals surface area contributed by atoms with Crippen LogP contribution >= 0.6 is 11.3 Å². The van der Waals surface area contributed by atoms with E-state index in [0.29, 0.717) is 10.8 Å². The molecule has 0 saturated carbocycles.